The van der Waals surface area contributed by atoms with E-state index in [0.29, 0.717) is 23.9 Å². The number of hydrogen-bond donors (Lipinski definition) is 1. The lowest BCUT2D eigenvalue weighted by Crippen LogP contribution is -2.63. The van der Waals surface area contributed by atoms with Crippen LogP contribution in [0.15, 0.2) is 30.3 Å². The van der Waals surface area contributed by atoms with Crippen molar-refractivity contribution in [2.75, 3.05) is 13.1 Å². The van der Waals surface area contributed by atoms with Gasteiger partial charge in [0.2, 0.25) is 5.91 Å². The summed E-state index contributed by atoms with van der Waals surface area (Å²) in [6, 6.07) is 11.1. The fourth-order valence-corrected chi connectivity index (χ4v) is 3.94. The number of nitrogens with zero attached hydrogens (tertiary/aromatic N) is 1. The highest BCUT2D eigenvalue weighted by Crippen LogP contribution is 2.45. The van der Waals surface area contributed by atoms with Gasteiger partial charge in [-0.2, -0.15) is 0 Å². The van der Waals surface area contributed by atoms with E-state index in [1.54, 1.807) is 0 Å². The maximum atomic E-state index is 13.5. The summed E-state index contributed by atoms with van der Waals surface area (Å²) in [5.74, 6) is 0.842. The number of nitrogens with one attached hydrogen (secondary N) is 1. The van der Waals surface area contributed by atoms with Crippen LogP contribution in [0.5, 0.6) is 0 Å². The maximum Gasteiger partial charge on any atom is 0.233 e. The molecule has 1 aliphatic carbocycles. The first kappa shape index (κ1) is 15.5. The van der Waals surface area contributed by atoms with Gasteiger partial charge in [0.1, 0.15) is 0 Å². The minimum absolute atomic E-state index is 0.258. The van der Waals surface area contributed by atoms with E-state index < -0.39 is 0 Å². The molecule has 3 nitrogen and oxygen atoms in total. The van der Waals surface area contributed by atoms with Crippen LogP contribution in [0.2, 0.25) is 0 Å². The van der Waals surface area contributed by atoms with Crippen LogP contribution in [-0.2, 0) is 10.2 Å². The fourth-order valence-electron chi connectivity index (χ4n) is 3.94. The summed E-state index contributed by atoms with van der Waals surface area (Å²) in [7, 11) is 0. The van der Waals surface area contributed by atoms with E-state index in [0.717, 1.165) is 32.4 Å². The Balaban J connectivity index is 1.90. The molecule has 120 valence electrons. The molecule has 1 aromatic rings. The minimum atomic E-state index is -0.258. The Kier molecular flexibility index (Phi) is 4.26. The topological polar surface area (TPSA) is 32.3 Å². The zero-order valence-corrected chi connectivity index (χ0v) is 14.0. The van der Waals surface area contributed by atoms with Crippen LogP contribution in [0.1, 0.15) is 45.6 Å². The molecule has 2 unspecified atom stereocenters. The lowest BCUT2D eigenvalue weighted by molar-refractivity contribution is -0.146. The van der Waals surface area contributed by atoms with Gasteiger partial charge in [-0.1, -0.05) is 50.6 Å². The normalized spacial score (nSPS) is 27.5. The van der Waals surface area contributed by atoms with Crippen LogP contribution in [0, 0.1) is 5.92 Å². The highest BCUT2D eigenvalue weighted by atomic mass is 16.2. The van der Waals surface area contributed by atoms with Crippen molar-refractivity contribution in [1.29, 1.82) is 0 Å². The monoisotopic (exact) mass is 300 g/mol. The Morgan fingerprint density at radius 1 is 1.27 bits per heavy atom. The maximum absolute atomic E-state index is 13.5. The summed E-state index contributed by atoms with van der Waals surface area (Å²) in [6.07, 6.45) is 3.16. The zero-order chi connectivity index (χ0) is 15.7. The Morgan fingerprint density at radius 3 is 2.50 bits per heavy atom. The van der Waals surface area contributed by atoms with Crippen LogP contribution in [0.25, 0.3) is 0 Å². The van der Waals surface area contributed by atoms with Crippen LogP contribution in [0.4, 0.5) is 0 Å². The molecule has 1 saturated carbocycles. The van der Waals surface area contributed by atoms with Crippen molar-refractivity contribution in [3.63, 3.8) is 0 Å². The van der Waals surface area contributed by atoms with Crippen LogP contribution >= 0.6 is 0 Å². The Labute approximate surface area is 134 Å². The number of hydrogen-bond acceptors (Lipinski definition) is 2. The average Bonchev–Trinajstić information content (AvgIpc) is 2.46. The van der Waals surface area contributed by atoms with E-state index in [-0.39, 0.29) is 5.41 Å². The third-order valence-electron chi connectivity index (χ3n) is 5.52. The number of carbonyl (C=O) groups excluding carboxylic acids is 1. The second-order valence-electron chi connectivity index (χ2n) is 7.38. The second-order valence-corrected chi connectivity index (χ2v) is 7.38. The number of rotatable bonds is 3. The summed E-state index contributed by atoms with van der Waals surface area (Å²) in [5, 5.41) is 3.53. The molecule has 0 spiro atoms. The van der Waals surface area contributed by atoms with E-state index in [1.165, 1.54) is 5.56 Å². The molecule has 1 heterocycles. The van der Waals surface area contributed by atoms with E-state index in [4.69, 9.17) is 0 Å². The Bertz CT molecular complexity index is 521. The summed E-state index contributed by atoms with van der Waals surface area (Å²) >= 11 is 0. The fraction of sp³-hybridized carbons (Fsp3) is 0.632. The lowest BCUT2D eigenvalue weighted by Gasteiger charge is -2.49. The van der Waals surface area contributed by atoms with Gasteiger partial charge < -0.3 is 10.2 Å². The van der Waals surface area contributed by atoms with E-state index in [2.05, 4.69) is 55.3 Å². The smallest absolute Gasteiger partial charge is 0.233 e. The molecule has 22 heavy (non-hydrogen) atoms. The summed E-state index contributed by atoms with van der Waals surface area (Å²) < 4.78 is 0. The molecule has 1 amide bonds. The van der Waals surface area contributed by atoms with Gasteiger partial charge >= 0.3 is 0 Å². The number of amides is 1. The highest BCUT2D eigenvalue weighted by Gasteiger charge is 2.49. The molecule has 1 aliphatic heterocycles. The molecule has 3 heteroatoms. The first-order valence-electron chi connectivity index (χ1n) is 8.64. The van der Waals surface area contributed by atoms with Crippen LogP contribution in [0.3, 0.4) is 0 Å². The molecule has 2 atom stereocenters. The summed E-state index contributed by atoms with van der Waals surface area (Å²) in [4.78, 5) is 15.6. The van der Waals surface area contributed by atoms with Crippen molar-refractivity contribution in [2.24, 2.45) is 5.92 Å². The number of benzene rings is 1. The molecule has 1 saturated heterocycles. The van der Waals surface area contributed by atoms with Gasteiger partial charge in [-0.25, -0.2) is 0 Å². The minimum Gasteiger partial charge on any atom is -0.336 e. The largest absolute Gasteiger partial charge is 0.336 e. The van der Waals surface area contributed by atoms with E-state index in [1.807, 2.05) is 6.07 Å². The molecule has 3 rings (SSSR count). The van der Waals surface area contributed by atoms with Crippen molar-refractivity contribution in [1.82, 2.24) is 10.2 Å². The van der Waals surface area contributed by atoms with Crippen molar-refractivity contribution in [2.45, 2.75) is 57.5 Å². The summed E-state index contributed by atoms with van der Waals surface area (Å²) in [6.45, 7) is 8.36. The van der Waals surface area contributed by atoms with Crippen molar-refractivity contribution >= 4 is 5.91 Å². The van der Waals surface area contributed by atoms with Gasteiger partial charge in [-0.3, -0.25) is 4.79 Å². The molecule has 1 N–H and O–H groups in total. The van der Waals surface area contributed by atoms with Crippen molar-refractivity contribution in [3.05, 3.63) is 35.9 Å². The van der Waals surface area contributed by atoms with E-state index in [9.17, 15) is 4.79 Å². The van der Waals surface area contributed by atoms with Gasteiger partial charge in [-0.05, 0) is 31.2 Å². The standard InChI is InChI=1S/C19H28N2O/c1-14(2)17-12-20-15(3)13-21(17)18(22)19(10-7-11-19)16-8-5-4-6-9-16/h4-6,8-9,14-15,17,20H,7,10-13H2,1-3H3. The Hall–Kier alpha value is -1.35. The molecule has 2 aliphatic rings. The van der Waals surface area contributed by atoms with E-state index >= 15 is 0 Å². The lowest BCUT2D eigenvalue weighted by atomic mass is 9.63. The SMILES string of the molecule is CC1CN(C(=O)C2(c3ccccc3)CCC2)C(C(C)C)CN1. The first-order valence-corrected chi connectivity index (χ1v) is 8.64. The zero-order valence-electron chi connectivity index (χ0n) is 14.0. The molecule has 0 aromatic heterocycles. The third kappa shape index (κ3) is 2.56. The first-order chi connectivity index (χ1) is 10.5. The highest BCUT2D eigenvalue weighted by molar-refractivity contribution is 5.89. The predicted octanol–water partition coefficient (Wildman–Crippen LogP) is 2.95. The van der Waals surface area contributed by atoms with Gasteiger partial charge in [0.25, 0.3) is 0 Å². The number of piperazine rings is 1. The van der Waals surface area contributed by atoms with Crippen molar-refractivity contribution < 1.29 is 4.79 Å². The molecule has 1 aromatic carbocycles. The van der Waals surface area contributed by atoms with Crippen molar-refractivity contribution in [3.8, 4) is 0 Å². The summed E-state index contributed by atoms with van der Waals surface area (Å²) in [5.41, 5.74) is 0.950. The molecular formula is C19H28N2O. The van der Waals surface area contributed by atoms with Gasteiger partial charge in [0, 0.05) is 25.2 Å². The quantitative estimate of drug-likeness (QED) is 0.931. The van der Waals surface area contributed by atoms with Crippen LogP contribution < -0.4 is 5.32 Å². The Morgan fingerprint density at radius 2 is 1.95 bits per heavy atom. The van der Waals surface area contributed by atoms with Crippen LogP contribution in [-0.4, -0.2) is 36.0 Å². The molecule has 0 bridgehead atoms. The average molecular weight is 300 g/mol. The number of carbonyl (C=O) groups is 1. The second kappa shape index (κ2) is 6.04. The van der Waals surface area contributed by atoms with Gasteiger partial charge in [0.15, 0.2) is 0 Å². The third-order valence-corrected chi connectivity index (χ3v) is 5.52. The molecule has 0 radical (unpaired) electrons. The van der Waals surface area contributed by atoms with Gasteiger partial charge in [-0.15, -0.1) is 0 Å². The predicted molar refractivity (Wildman–Crippen MR) is 89.8 cm³/mol. The molecule has 2 fully saturated rings. The molecular weight excluding hydrogens is 272 g/mol. The van der Waals surface area contributed by atoms with Gasteiger partial charge in [0.05, 0.1) is 5.41 Å².